The predicted molar refractivity (Wildman–Crippen MR) is 79.5 cm³/mol. The Hall–Kier alpha value is -1.00. The SMILES string of the molecule is CCCCCN(CC(N)c1cccc(F)c1F)C(C)C. The lowest BCUT2D eigenvalue weighted by Crippen LogP contribution is -2.38. The number of hydrogen-bond donors (Lipinski definition) is 1. The molecule has 0 fully saturated rings. The highest BCUT2D eigenvalue weighted by Crippen LogP contribution is 2.19. The molecule has 0 spiro atoms. The van der Waals surface area contributed by atoms with Crippen molar-refractivity contribution in [1.82, 2.24) is 4.90 Å². The Morgan fingerprint density at radius 3 is 2.50 bits per heavy atom. The van der Waals surface area contributed by atoms with Gasteiger partial charge in [-0.05, 0) is 32.9 Å². The highest BCUT2D eigenvalue weighted by molar-refractivity contribution is 5.22. The summed E-state index contributed by atoms with van der Waals surface area (Å²) in [7, 11) is 0. The third-order valence-corrected chi connectivity index (χ3v) is 3.59. The zero-order chi connectivity index (χ0) is 15.1. The van der Waals surface area contributed by atoms with E-state index in [0.29, 0.717) is 12.6 Å². The van der Waals surface area contributed by atoms with Crippen LogP contribution in [0.1, 0.15) is 51.6 Å². The van der Waals surface area contributed by atoms with Gasteiger partial charge in [-0.1, -0.05) is 31.9 Å². The number of hydrogen-bond acceptors (Lipinski definition) is 2. The van der Waals surface area contributed by atoms with Gasteiger partial charge in [0.2, 0.25) is 0 Å². The van der Waals surface area contributed by atoms with Gasteiger partial charge in [-0.15, -0.1) is 0 Å². The molecule has 0 saturated heterocycles. The minimum Gasteiger partial charge on any atom is -0.323 e. The summed E-state index contributed by atoms with van der Waals surface area (Å²) < 4.78 is 27.0. The average molecular weight is 284 g/mol. The molecule has 0 heterocycles. The molecular weight excluding hydrogens is 258 g/mol. The van der Waals surface area contributed by atoms with E-state index in [9.17, 15) is 8.78 Å². The molecule has 1 unspecified atom stereocenters. The Bertz CT molecular complexity index is 407. The van der Waals surface area contributed by atoms with Crippen LogP contribution in [0.15, 0.2) is 18.2 Å². The maximum atomic E-state index is 13.7. The van der Waals surface area contributed by atoms with Gasteiger partial charge in [-0.2, -0.15) is 0 Å². The van der Waals surface area contributed by atoms with E-state index < -0.39 is 17.7 Å². The van der Waals surface area contributed by atoms with Crippen molar-refractivity contribution in [2.45, 2.75) is 52.1 Å². The molecular formula is C16H26F2N2. The molecule has 20 heavy (non-hydrogen) atoms. The highest BCUT2D eigenvalue weighted by Gasteiger charge is 2.19. The molecule has 2 N–H and O–H groups in total. The van der Waals surface area contributed by atoms with Crippen LogP contribution in [-0.2, 0) is 0 Å². The Labute approximate surface area is 121 Å². The van der Waals surface area contributed by atoms with Crippen molar-refractivity contribution in [1.29, 1.82) is 0 Å². The van der Waals surface area contributed by atoms with Crippen LogP contribution in [-0.4, -0.2) is 24.0 Å². The summed E-state index contributed by atoms with van der Waals surface area (Å²) in [6, 6.07) is 4.02. The molecule has 1 aromatic rings. The summed E-state index contributed by atoms with van der Waals surface area (Å²) in [6.45, 7) is 7.84. The summed E-state index contributed by atoms with van der Waals surface area (Å²) in [5.41, 5.74) is 6.31. The van der Waals surface area contributed by atoms with Crippen LogP contribution >= 0.6 is 0 Å². The third-order valence-electron chi connectivity index (χ3n) is 3.59. The summed E-state index contributed by atoms with van der Waals surface area (Å²) in [5.74, 6) is -1.66. The maximum absolute atomic E-state index is 13.7. The average Bonchev–Trinajstić information content (AvgIpc) is 2.40. The van der Waals surface area contributed by atoms with Crippen molar-refractivity contribution in [3.8, 4) is 0 Å². The number of rotatable bonds is 8. The molecule has 0 aromatic heterocycles. The fourth-order valence-corrected chi connectivity index (χ4v) is 2.28. The van der Waals surface area contributed by atoms with Crippen LogP contribution in [0.25, 0.3) is 0 Å². The van der Waals surface area contributed by atoms with E-state index in [4.69, 9.17) is 5.73 Å². The van der Waals surface area contributed by atoms with Gasteiger partial charge in [0.25, 0.3) is 0 Å². The lowest BCUT2D eigenvalue weighted by atomic mass is 10.1. The van der Waals surface area contributed by atoms with Crippen molar-refractivity contribution >= 4 is 0 Å². The summed E-state index contributed by atoms with van der Waals surface area (Å²) >= 11 is 0. The van der Waals surface area contributed by atoms with Crippen LogP contribution in [0.3, 0.4) is 0 Å². The molecule has 0 bridgehead atoms. The van der Waals surface area contributed by atoms with Gasteiger partial charge in [0.1, 0.15) is 0 Å². The third kappa shape index (κ3) is 4.84. The first-order valence-corrected chi connectivity index (χ1v) is 7.40. The first-order valence-electron chi connectivity index (χ1n) is 7.40. The van der Waals surface area contributed by atoms with Gasteiger partial charge in [0.05, 0.1) is 0 Å². The number of nitrogens with zero attached hydrogens (tertiary/aromatic N) is 1. The van der Waals surface area contributed by atoms with Crippen molar-refractivity contribution in [3.63, 3.8) is 0 Å². The first-order chi connectivity index (χ1) is 9.47. The topological polar surface area (TPSA) is 29.3 Å². The molecule has 1 atom stereocenters. The molecule has 0 amide bonds. The van der Waals surface area contributed by atoms with Gasteiger partial charge >= 0.3 is 0 Å². The van der Waals surface area contributed by atoms with Crippen LogP contribution in [0.4, 0.5) is 8.78 Å². The van der Waals surface area contributed by atoms with E-state index in [1.807, 2.05) is 0 Å². The largest absolute Gasteiger partial charge is 0.323 e. The number of unbranched alkanes of at least 4 members (excludes halogenated alkanes) is 2. The van der Waals surface area contributed by atoms with Gasteiger partial charge in [0, 0.05) is 24.2 Å². The van der Waals surface area contributed by atoms with Crippen LogP contribution in [0, 0.1) is 11.6 Å². The maximum Gasteiger partial charge on any atom is 0.163 e. The normalized spacial score (nSPS) is 13.2. The summed E-state index contributed by atoms with van der Waals surface area (Å²) in [6.07, 6.45) is 3.44. The lowest BCUT2D eigenvalue weighted by Gasteiger charge is -2.29. The van der Waals surface area contributed by atoms with Crippen molar-refractivity contribution < 1.29 is 8.78 Å². The zero-order valence-corrected chi connectivity index (χ0v) is 12.7. The van der Waals surface area contributed by atoms with Crippen LogP contribution < -0.4 is 5.73 Å². The van der Waals surface area contributed by atoms with Crippen molar-refractivity contribution in [2.24, 2.45) is 5.73 Å². The number of benzene rings is 1. The first kappa shape index (κ1) is 17.1. The highest BCUT2D eigenvalue weighted by atomic mass is 19.2. The Kier molecular flexibility index (Phi) is 7.10. The minimum atomic E-state index is -0.833. The van der Waals surface area contributed by atoms with Crippen LogP contribution in [0.2, 0.25) is 0 Å². The molecule has 0 aliphatic carbocycles. The van der Waals surface area contributed by atoms with E-state index in [1.165, 1.54) is 12.5 Å². The fraction of sp³-hybridized carbons (Fsp3) is 0.625. The van der Waals surface area contributed by atoms with Gasteiger partial charge < -0.3 is 5.73 Å². The molecule has 0 radical (unpaired) electrons. The fourth-order valence-electron chi connectivity index (χ4n) is 2.28. The molecule has 0 saturated carbocycles. The predicted octanol–water partition coefficient (Wildman–Crippen LogP) is 3.87. The Morgan fingerprint density at radius 1 is 1.20 bits per heavy atom. The quantitative estimate of drug-likeness (QED) is 0.734. The monoisotopic (exact) mass is 284 g/mol. The minimum absolute atomic E-state index is 0.256. The smallest absolute Gasteiger partial charge is 0.163 e. The van der Waals surface area contributed by atoms with Crippen molar-refractivity contribution in [3.05, 3.63) is 35.4 Å². The van der Waals surface area contributed by atoms with Crippen LogP contribution in [0.5, 0.6) is 0 Å². The molecule has 0 aliphatic heterocycles. The second kappa shape index (κ2) is 8.32. The molecule has 0 aliphatic rings. The van der Waals surface area contributed by atoms with Gasteiger partial charge in [-0.25, -0.2) is 8.78 Å². The van der Waals surface area contributed by atoms with E-state index in [1.54, 1.807) is 6.07 Å². The molecule has 4 heteroatoms. The second-order valence-corrected chi connectivity index (χ2v) is 5.55. The number of halogens is 2. The molecule has 2 nitrogen and oxygen atoms in total. The Balaban J connectivity index is 2.70. The molecule has 1 rings (SSSR count). The van der Waals surface area contributed by atoms with E-state index in [-0.39, 0.29) is 5.56 Å². The van der Waals surface area contributed by atoms with E-state index >= 15 is 0 Å². The van der Waals surface area contributed by atoms with Gasteiger partial charge in [0.15, 0.2) is 11.6 Å². The zero-order valence-electron chi connectivity index (χ0n) is 12.7. The second-order valence-electron chi connectivity index (χ2n) is 5.55. The standard InChI is InChI=1S/C16H26F2N2/c1-4-5-6-10-20(12(2)3)11-15(19)13-8-7-9-14(17)16(13)18/h7-9,12,15H,4-6,10-11,19H2,1-3H3. The molecule has 1 aromatic carbocycles. The van der Waals surface area contributed by atoms with E-state index in [2.05, 4.69) is 25.7 Å². The Morgan fingerprint density at radius 2 is 1.90 bits per heavy atom. The van der Waals surface area contributed by atoms with Crippen molar-refractivity contribution in [2.75, 3.05) is 13.1 Å². The van der Waals surface area contributed by atoms with Gasteiger partial charge in [-0.3, -0.25) is 4.90 Å². The molecule has 114 valence electrons. The lowest BCUT2D eigenvalue weighted by molar-refractivity contribution is 0.203. The summed E-state index contributed by atoms with van der Waals surface area (Å²) in [4.78, 5) is 2.23. The van der Waals surface area contributed by atoms with E-state index in [0.717, 1.165) is 25.5 Å². The summed E-state index contributed by atoms with van der Waals surface area (Å²) in [5, 5.41) is 0. The number of nitrogens with two attached hydrogens (primary N) is 1.